The molecule has 0 aromatic carbocycles. The molecule has 0 saturated carbocycles. The van der Waals surface area contributed by atoms with E-state index >= 15 is 0 Å². The molecule has 4 heteroatoms. The third kappa shape index (κ3) is 5.40. The molecule has 2 aromatic rings. The molecule has 2 rings (SSSR count). The predicted octanol–water partition coefficient (Wildman–Crippen LogP) is 8.00. The second-order valence-electron chi connectivity index (χ2n) is 6.29. The van der Waals surface area contributed by atoms with Crippen LogP contribution >= 0.6 is 38.6 Å². The highest BCUT2D eigenvalue weighted by molar-refractivity contribution is 9.10. The molecule has 0 amide bonds. The zero-order chi connectivity index (χ0) is 16.7. The number of hydrogen-bond donors (Lipinski definition) is 0. The van der Waals surface area contributed by atoms with Crippen LogP contribution in [0.4, 0.5) is 0 Å². The Hall–Kier alpha value is -0.190. The molecule has 0 bridgehead atoms. The molecule has 1 nitrogen and oxygen atoms in total. The molecule has 23 heavy (non-hydrogen) atoms. The van der Waals surface area contributed by atoms with Crippen molar-refractivity contribution in [1.82, 2.24) is 0 Å². The van der Waals surface area contributed by atoms with Crippen LogP contribution in [0.1, 0.15) is 86.9 Å². The van der Waals surface area contributed by atoms with Crippen molar-refractivity contribution in [2.24, 2.45) is 0 Å². The Morgan fingerprint density at radius 2 is 1.61 bits per heavy atom. The maximum absolute atomic E-state index is 11.9. The molecular weight excluding hydrogens is 388 g/mol. The molecule has 0 atom stereocenters. The summed E-state index contributed by atoms with van der Waals surface area (Å²) in [6, 6.07) is 0. The van der Waals surface area contributed by atoms with Gasteiger partial charge in [0.2, 0.25) is 0 Å². The highest BCUT2D eigenvalue weighted by Gasteiger charge is 2.18. The smallest absolute Gasteiger partial charge is 0.170 e. The summed E-state index contributed by atoms with van der Waals surface area (Å²) in [6.45, 7) is 3.96. The fourth-order valence-electron chi connectivity index (χ4n) is 3.02. The van der Waals surface area contributed by atoms with E-state index in [-0.39, 0.29) is 5.78 Å². The van der Waals surface area contributed by atoms with Crippen molar-refractivity contribution in [3.8, 4) is 0 Å². The van der Waals surface area contributed by atoms with E-state index in [1.165, 1.54) is 72.8 Å². The molecule has 0 unspecified atom stereocenters. The van der Waals surface area contributed by atoms with Crippen LogP contribution in [0.3, 0.4) is 0 Å². The van der Waals surface area contributed by atoms with E-state index in [2.05, 4.69) is 28.2 Å². The van der Waals surface area contributed by atoms with E-state index in [1.54, 1.807) is 29.6 Å². The maximum atomic E-state index is 11.9. The van der Waals surface area contributed by atoms with Gasteiger partial charge in [-0.1, -0.05) is 58.3 Å². The van der Waals surface area contributed by atoms with Gasteiger partial charge in [-0.3, -0.25) is 4.79 Å². The van der Waals surface area contributed by atoms with Crippen LogP contribution in [0.25, 0.3) is 9.40 Å². The van der Waals surface area contributed by atoms with Gasteiger partial charge in [-0.15, -0.1) is 22.7 Å². The van der Waals surface area contributed by atoms with E-state index in [9.17, 15) is 4.79 Å². The van der Waals surface area contributed by atoms with Gasteiger partial charge in [-0.05, 0) is 41.3 Å². The summed E-state index contributed by atoms with van der Waals surface area (Å²) in [4.78, 5) is 12.9. The summed E-state index contributed by atoms with van der Waals surface area (Å²) < 4.78 is 3.72. The Kier molecular flexibility index (Phi) is 8.28. The minimum absolute atomic E-state index is 0.219. The number of Topliss-reactive ketones (excluding diaryl/α,β-unsaturated/α-hetero) is 1. The van der Waals surface area contributed by atoms with Crippen LogP contribution in [0.5, 0.6) is 0 Å². The predicted molar refractivity (Wildman–Crippen MR) is 108 cm³/mol. The van der Waals surface area contributed by atoms with Gasteiger partial charge in [0.25, 0.3) is 0 Å². The third-order valence-electron chi connectivity index (χ3n) is 4.31. The first-order chi connectivity index (χ1) is 11.1. The zero-order valence-electron chi connectivity index (χ0n) is 14.3. The summed E-state index contributed by atoms with van der Waals surface area (Å²) in [5.74, 6) is 0.219. The summed E-state index contributed by atoms with van der Waals surface area (Å²) >= 11 is 7.03. The van der Waals surface area contributed by atoms with Gasteiger partial charge in [-0.25, -0.2) is 0 Å². The van der Waals surface area contributed by atoms with Crippen molar-refractivity contribution in [2.75, 3.05) is 0 Å². The molecule has 0 fully saturated rings. The first-order valence-electron chi connectivity index (χ1n) is 8.84. The molecule has 0 aliphatic rings. The Bertz CT molecular complexity index is 627. The number of carbonyl (C=O) groups excluding carboxylic acids is 1. The number of fused-ring (bicyclic) bond motifs is 1. The number of thiophene rings is 2. The van der Waals surface area contributed by atoms with E-state index in [4.69, 9.17) is 0 Å². The largest absolute Gasteiger partial charge is 0.294 e. The SMILES string of the molecule is CCCCCCCCCCCc1c(C(C)=O)sc2c(Br)csc12. The van der Waals surface area contributed by atoms with Gasteiger partial charge in [0, 0.05) is 9.85 Å². The Labute approximate surface area is 156 Å². The van der Waals surface area contributed by atoms with E-state index in [0.29, 0.717) is 0 Å². The highest BCUT2D eigenvalue weighted by atomic mass is 79.9. The molecule has 0 radical (unpaired) electrons. The molecule has 0 aliphatic heterocycles. The number of halogens is 1. The van der Waals surface area contributed by atoms with E-state index < -0.39 is 0 Å². The number of aryl methyl sites for hydroxylation is 1. The van der Waals surface area contributed by atoms with Crippen molar-refractivity contribution in [2.45, 2.75) is 78.1 Å². The Balaban J connectivity index is 1.78. The lowest BCUT2D eigenvalue weighted by molar-refractivity contribution is 0.102. The maximum Gasteiger partial charge on any atom is 0.170 e. The topological polar surface area (TPSA) is 17.1 Å². The fourth-order valence-corrected chi connectivity index (χ4v) is 6.23. The summed E-state index contributed by atoms with van der Waals surface area (Å²) in [7, 11) is 0. The van der Waals surface area contributed by atoms with Crippen LogP contribution in [0.2, 0.25) is 0 Å². The molecule has 2 heterocycles. The lowest BCUT2D eigenvalue weighted by Crippen LogP contribution is -1.94. The fraction of sp³-hybridized carbons (Fsp3) is 0.632. The molecule has 128 valence electrons. The van der Waals surface area contributed by atoms with Gasteiger partial charge in [0.05, 0.1) is 14.3 Å². The number of hydrogen-bond acceptors (Lipinski definition) is 3. The lowest BCUT2D eigenvalue weighted by Gasteiger charge is -2.03. The standard InChI is InChI=1S/C19H27BrOS2/c1-3-4-5-6-7-8-9-10-11-12-15-17(14(2)21)23-19-16(20)13-22-18(15)19/h13H,3-12H2,1-2H3. The number of unbranched alkanes of at least 4 members (excludes halogenated alkanes) is 8. The van der Waals surface area contributed by atoms with Crippen molar-refractivity contribution in [3.63, 3.8) is 0 Å². The lowest BCUT2D eigenvalue weighted by atomic mass is 10.0. The van der Waals surface area contributed by atoms with Crippen LogP contribution in [0, 0.1) is 0 Å². The molecular formula is C19H27BrOS2. The van der Waals surface area contributed by atoms with Crippen molar-refractivity contribution < 1.29 is 4.79 Å². The number of carbonyl (C=O) groups is 1. The van der Waals surface area contributed by atoms with Gasteiger partial charge in [0.15, 0.2) is 5.78 Å². The minimum atomic E-state index is 0.219. The van der Waals surface area contributed by atoms with Crippen molar-refractivity contribution in [1.29, 1.82) is 0 Å². The zero-order valence-corrected chi connectivity index (χ0v) is 17.5. The molecule has 2 aromatic heterocycles. The van der Waals surface area contributed by atoms with E-state index in [1.807, 2.05) is 0 Å². The second-order valence-corrected chi connectivity index (χ2v) is 9.04. The molecule has 0 N–H and O–H groups in total. The van der Waals surface area contributed by atoms with Crippen molar-refractivity contribution in [3.05, 3.63) is 20.3 Å². The molecule has 0 spiro atoms. The van der Waals surface area contributed by atoms with Crippen LogP contribution in [-0.2, 0) is 6.42 Å². The first-order valence-corrected chi connectivity index (χ1v) is 11.3. The van der Waals surface area contributed by atoms with Gasteiger partial charge >= 0.3 is 0 Å². The van der Waals surface area contributed by atoms with Gasteiger partial charge < -0.3 is 0 Å². The van der Waals surface area contributed by atoms with Gasteiger partial charge in [-0.2, -0.15) is 0 Å². The van der Waals surface area contributed by atoms with E-state index in [0.717, 1.165) is 15.8 Å². The number of rotatable bonds is 11. The molecule has 0 saturated heterocycles. The normalized spacial score (nSPS) is 11.4. The van der Waals surface area contributed by atoms with Crippen molar-refractivity contribution >= 4 is 53.8 Å². The second kappa shape index (κ2) is 9.95. The van der Waals surface area contributed by atoms with Gasteiger partial charge in [0.1, 0.15) is 0 Å². The summed E-state index contributed by atoms with van der Waals surface area (Å²) in [5.41, 5.74) is 1.30. The summed E-state index contributed by atoms with van der Waals surface area (Å²) in [6.07, 6.45) is 13.2. The minimum Gasteiger partial charge on any atom is -0.294 e. The Morgan fingerprint density at radius 3 is 2.22 bits per heavy atom. The van der Waals surface area contributed by atoms with Crippen LogP contribution in [0.15, 0.2) is 9.85 Å². The Morgan fingerprint density at radius 1 is 1.00 bits per heavy atom. The molecule has 0 aliphatic carbocycles. The third-order valence-corrected chi connectivity index (χ3v) is 8.03. The quantitative estimate of drug-likeness (QED) is 0.268. The van der Waals surface area contributed by atoms with Crippen LogP contribution in [-0.4, -0.2) is 5.78 Å². The first kappa shape index (κ1) is 19.1. The number of ketones is 1. The van der Waals surface area contributed by atoms with Crippen LogP contribution < -0.4 is 0 Å². The monoisotopic (exact) mass is 414 g/mol. The summed E-state index contributed by atoms with van der Waals surface area (Å²) in [5, 5.41) is 2.14. The average molecular weight is 415 g/mol. The average Bonchev–Trinajstić information content (AvgIpc) is 3.06. The highest BCUT2D eigenvalue weighted by Crippen LogP contribution is 2.41.